The molecule has 0 aliphatic carbocycles. The lowest BCUT2D eigenvalue weighted by Crippen LogP contribution is -2.18. The highest BCUT2D eigenvalue weighted by molar-refractivity contribution is 5.55. The molecule has 1 aromatic carbocycles. The van der Waals surface area contributed by atoms with Crippen molar-refractivity contribution in [2.75, 3.05) is 37.5 Å². The second kappa shape index (κ2) is 9.81. The van der Waals surface area contributed by atoms with Crippen molar-refractivity contribution < 1.29 is 0 Å². The van der Waals surface area contributed by atoms with E-state index in [0.29, 0.717) is 0 Å². The zero-order valence-electron chi connectivity index (χ0n) is 13.0. The number of hydrogen-bond donors (Lipinski definition) is 0. The SMILES string of the molecule is CC.CCCCCN(C)c1ccc(N(C)C)cc1. The Morgan fingerprint density at radius 1 is 0.833 bits per heavy atom. The van der Waals surface area contributed by atoms with Crippen LogP contribution in [0.3, 0.4) is 0 Å². The normalized spacial score (nSPS) is 9.44. The smallest absolute Gasteiger partial charge is 0.0365 e. The van der Waals surface area contributed by atoms with Gasteiger partial charge in [0.15, 0.2) is 0 Å². The molecule has 0 spiro atoms. The monoisotopic (exact) mass is 250 g/mol. The molecule has 0 fully saturated rings. The van der Waals surface area contributed by atoms with Crippen molar-refractivity contribution in [2.45, 2.75) is 40.0 Å². The van der Waals surface area contributed by atoms with Crippen LogP contribution in [0, 0.1) is 0 Å². The molecule has 0 amide bonds. The van der Waals surface area contributed by atoms with Gasteiger partial charge in [-0.3, -0.25) is 0 Å². The summed E-state index contributed by atoms with van der Waals surface area (Å²) in [5, 5.41) is 0. The fourth-order valence-corrected chi connectivity index (χ4v) is 1.73. The Kier molecular flexibility index (Phi) is 9.17. The molecule has 0 aliphatic rings. The molecule has 2 nitrogen and oxygen atoms in total. The van der Waals surface area contributed by atoms with Gasteiger partial charge >= 0.3 is 0 Å². The van der Waals surface area contributed by atoms with Crippen molar-refractivity contribution in [1.29, 1.82) is 0 Å². The molecule has 0 saturated carbocycles. The van der Waals surface area contributed by atoms with Gasteiger partial charge in [0.25, 0.3) is 0 Å². The predicted octanol–water partition coefficient (Wildman–Crippen LogP) is 4.41. The Labute approximate surface area is 114 Å². The molecule has 0 aliphatic heterocycles. The third-order valence-corrected chi connectivity index (χ3v) is 2.90. The number of anilines is 2. The van der Waals surface area contributed by atoms with Crippen molar-refractivity contribution in [3.05, 3.63) is 24.3 Å². The Hall–Kier alpha value is -1.18. The van der Waals surface area contributed by atoms with E-state index in [1.165, 1.54) is 30.6 Å². The van der Waals surface area contributed by atoms with Crippen LogP contribution in [0.15, 0.2) is 24.3 Å². The molecule has 0 radical (unpaired) electrons. The Balaban J connectivity index is 0.00000137. The van der Waals surface area contributed by atoms with E-state index in [4.69, 9.17) is 0 Å². The van der Waals surface area contributed by atoms with Gasteiger partial charge in [-0.25, -0.2) is 0 Å². The lowest BCUT2D eigenvalue weighted by atomic mass is 10.2. The second-order valence-corrected chi connectivity index (χ2v) is 4.54. The largest absolute Gasteiger partial charge is 0.378 e. The molecule has 2 heteroatoms. The van der Waals surface area contributed by atoms with Gasteiger partial charge in [-0.15, -0.1) is 0 Å². The topological polar surface area (TPSA) is 6.48 Å². The van der Waals surface area contributed by atoms with Crippen LogP contribution >= 0.6 is 0 Å². The summed E-state index contributed by atoms with van der Waals surface area (Å²) in [4.78, 5) is 4.45. The summed E-state index contributed by atoms with van der Waals surface area (Å²) in [5.74, 6) is 0. The molecule has 0 bridgehead atoms. The van der Waals surface area contributed by atoms with E-state index in [0.717, 1.165) is 6.54 Å². The number of rotatable bonds is 6. The van der Waals surface area contributed by atoms with E-state index in [-0.39, 0.29) is 0 Å². The average molecular weight is 250 g/mol. The van der Waals surface area contributed by atoms with E-state index in [2.05, 4.69) is 62.1 Å². The molecule has 0 saturated heterocycles. The Morgan fingerprint density at radius 2 is 1.33 bits per heavy atom. The van der Waals surface area contributed by atoms with Crippen LogP contribution in [0.1, 0.15) is 40.0 Å². The molecule has 18 heavy (non-hydrogen) atoms. The molecule has 0 heterocycles. The first-order valence-corrected chi connectivity index (χ1v) is 7.13. The highest BCUT2D eigenvalue weighted by atomic mass is 15.1. The third kappa shape index (κ3) is 5.95. The highest BCUT2D eigenvalue weighted by Gasteiger charge is 2.01. The van der Waals surface area contributed by atoms with Crippen LogP contribution in [-0.4, -0.2) is 27.7 Å². The standard InChI is InChI=1S/C14H24N2.C2H6/c1-5-6-7-12-16(4)14-10-8-13(9-11-14)15(2)3;1-2/h8-11H,5-7,12H2,1-4H3;1-2H3. The predicted molar refractivity (Wildman–Crippen MR) is 84.9 cm³/mol. The van der Waals surface area contributed by atoms with Crippen molar-refractivity contribution >= 4 is 11.4 Å². The van der Waals surface area contributed by atoms with Crippen LogP contribution in [0.5, 0.6) is 0 Å². The minimum absolute atomic E-state index is 1.15. The summed E-state index contributed by atoms with van der Waals surface area (Å²) < 4.78 is 0. The summed E-state index contributed by atoms with van der Waals surface area (Å²) >= 11 is 0. The van der Waals surface area contributed by atoms with E-state index in [9.17, 15) is 0 Å². The molecule has 104 valence electrons. The number of unbranched alkanes of at least 4 members (excludes halogenated alkanes) is 2. The number of hydrogen-bond acceptors (Lipinski definition) is 2. The maximum absolute atomic E-state index is 2.33. The van der Waals surface area contributed by atoms with Gasteiger partial charge in [-0.2, -0.15) is 0 Å². The van der Waals surface area contributed by atoms with Crippen molar-refractivity contribution in [3.63, 3.8) is 0 Å². The summed E-state index contributed by atoms with van der Waals surface area (Å²) in [6.45, 7) is 7.39. The van der Waals surface area contributed by atoms with Crippen molar-refractivity contribution in [2.24, 2.45) is 0 Å². The lowest BCUT2D eigenvalue weighted by Gasteiger charge is -2.20. The maximum Gasteiger partial charge on any atom is 0.0365 e. The first kappa shape index (κ1) is 16.8. The average Bonchev–Trinajstić information content (AvgIpc) is 2.41. The number of nitrogens with zero attached hydrogens (tertiary/aromatic N) is 2. The fourth-order valence-electron chi connectivity index (χ4n) is 1.73. The van der Waals surface area contributed by atoms with E-state index >= 15 is 0 Å². The zero-order chi connectivity index (χ0) is 14.0. The first-order valence-electron chi connectivity index (χ1n) is 7.13. The van der Waals surface area contributed by atoms with Gasteiger partial charge in [0, 0.05) is 39.1 Å². The van der Waals surface area contributed by atoms with Gasteiger partial charge in [-0.1, -0.05) is 33.6 Å². The molecular weight excluding hydrogens is 220 g/mol. The van der Waals surface area contributed by atoms with E-state index in [1.807, 2.05) is 13.8 Å². The summed E-state index contributed by atoms with van der Waals surface area (Å²) in [6, 6.07) is 8.74. The highest BCUT2D eigenvalue weighted by Crippen LogP contribution is 2.18. The first-order chi connectivity index (χ1) is 8.65. The van der Waals surface area contributed by atoms with Crippen molar-refractivity contribution in [1.82, 2.24) is 0 Å². The molecule has 0 aromatic heterocycles. The molecule has 0 atom stereocenters. The maximum atomic E-state index is 2.33. The van der Waals surface area contributed by atoms with Gasteiger partial charge in [0.2, 0.25) is 0 Å². The van der Waals surface area contributed by atoms with Gasteiger partial charge in [0.1, 0.15) is 0 Å². The minimum atomic E-state index is 1.15. The van der Waals surface area contributed by atoms with Gasteiger partial charge in [-0.05, 0) is 30.7 Å². The molecule has 0 unspecified atom stereocenters. The quantitative estimate of drug-likeness (QED) is 0.690. The van der Waals surface area contributed by atoms with E-state index < -0.39 is 0 Å². The minimum Gasteiger partial charge on any atom is -0.378 e. The van der Waals surface area contributed by atoms with Crippen LogP contribution in [0.25, 0.3) is 0 Å². The third-order valence-electron chi connectivity index (χ3n) is 2.90. The lowest BCUT2D eigenvalue weighted by molar-refractivity contribution is 0.705. The van der Waals surface area contributed by atoms with Gasteiger partial charge < -0.3 is 9.80 Å². The summed E-state index contributed by atoms with van der Waals surface area (Å²) in [6.07, 6.45) is 3.88. The molecule has 1 aromatic rings. The van der Waals surface area contributed by atoms with E-state index in [1.54, 1.807) is 0 Å². The van der Waals surface area contributed by atoms with Crippen LogP contribution in [0.4, 0.5) is 11.4 Å². The van der Waals surface area contributed by atoms with Crippen LogP contribution in [0.2, 0.25) is 0 Å². The molecular formula is C16H30N2. The van der Waals surface area contributed by atoms with Gasteiger partial charge in [0.05, 0.1) is 0 Å². The summed E-state index contributed by atoms with van der Waals surface area (Å²) in [7, 11) is 6.31. The van der Waals surface area contributed by atoms with Crippen molar-refractivity contribution in [3.8, 4) is 0 Å². The second-order valence-electron chi connectivity index (χ2n) is 4.54. The van der Waals surface area contributed by atoms with Crippen LogP contribution in [-0.2, 0) is 0 Å². The number of benzene rings is 1. The zero-order valence-corrected chi connectivity index (χ0v) is 13.0. The fraction of sp³-hybridized carbons (Fsp3) is 0.625. The Morgan fingerprint density at radius 3 is 1.78 bits per heavy atom. The van der Waals surface area contributed by atoms with Crippen LogP contribution < -0.4 is 9.80 Å². The molecule has 0 N–H and O–H groups in total. The molecule has 1 rings (SSSR count). The summed E-state index contributed by atoms with van der Waals surface area (Å²) in [5.41, 5.74) is 2.56. The Bertz CT molecular complexity index is 290.